The molecule has 29 heavy (non-hydrogen) atoms. The molecule has 1 atom stereocenters. The van der Waals surface area contributed by atoms with Crippen LogP contribution in [0.3, 0.4) is 0 Å². The maximum Gasteiger partial charge on any atom is 0.387 e. The molecule has 0 amide bonds. The maximum absolute atomic E-state index is 12.6. The van der Waals surface area contributed by atoms with Crippen LogP contribution in [0.25, 0.3) is 11.1 Å². The Morgan fingerprint density at radius 3 is 2.48 bits per heavy atom. The van der Waals surface area contributed by atoms with E-state index in [9.17, 15) is 8.78 Å². The molecule has 2 N–H and O–H groups in total. The highest BCUT2D eigenvalue weighted by Crippen LogP contribution is 2.40. The average Bonchev–Trinajstić information content (AvgIpc) is 3.13. The van der Waals surface area contributed by atoms with Crippen LogP contribution in [0.5, 0.6) is 5.75 Å². The van der Waals surface area contributed by atoms with Gasteiger partial charge < -0.3 is 15.2 Å². The predicted octanol–water partition coefficient (Wildman–Crippen LogP) is 3.64. The summed E-state index contributed by atoms with van der Waals surface area (Å²) in [5, 5.41) is 0. The molecule has 0 bridgehead atoms. The van der Waals surface area contributed by atoms with Crippen molar-refractivity contribution in [2.75, 3.05) is 6.61 Å². The number of nitrogens with two attached hydrogens (primary N) is 1. The Hall–Kier alpha value is -3.55. The smallest absolute Gasteiger partial charge is 0.387 e. The Kier molecular flexibility index (Phi) is 4.84. The molecule has 1 aromatic heterocycles. The molecule has 1 aliphatic heterocycles. The average molecular weight is 396 g/mol. The fraction of sp³-hybridized carbons (Fsp3) is 0.190. The van der Waals surface area contributed by atoms with Crippen LogP contribution in [0.1, 0.15) is 16.7 Å². The molecule has 0 fully saturated rings. The largest absolute Gasteiger partial charge is 0.462 e. The highest BCUT2D eigenvalue weighted by molar-refractivity contribution is 5.75. The first kappa shape index (κ1) is 18.8. The number of ether oxygens (including phenoxy) is 2. The molecule has 8 heteroatoms. The number of rotatable bonds is 5. The molecule has 0 saturated carbocycles. The minimum absolute atomic E-state index is 0.0732. The number of halogens is 2. The monoisotopic (exact) mass is 396 g/mol. The number of aliphatic imine (C=N–C) groups is 1. The van der Waals surface area contributed by atoms with E-state index in [-0.39, 0.29) is 18.4 Å². The highest BCUT2D eigenvalue weighted by Gasteiger charge is 2.40. The molecule has 6 nitrogen and oxygen atoms in total. The fourth-order valence-corrected chi connectivity index (χ4v) is 3.43. The third-order valence-electron chi connectivity index (χ3n) is 4.83. The fourth-order valence-electron chi connectivity index (χ4n) is 3.43. The third-order valence-corrected chi connectivity index (χ3v) is 4.83. The number of nitrogens with zero attached hydrogens (tertiary/aromatic N) is 3. The van der Waals surface area contributed by atoms with Gasteiger partial charge in [0.15, 0.2) is 5.54 Å². The quantitative estimate of drug-likeness (QED) is 0.712. The lowest BCUT2D eigenvalue weighted by Crippen LogP contribution is -2.27. The zero-order valence-electron chi connectivity index (χ0n) is 15.5. The van der Waals surface area contributed by atoms with Gasteiger partial charge in [-0.2, -0.15) is 8.78 Å². The summed E-state index contributed by atoms with van der Waals surface area (Å²) >= 11 is 0. The molecule has 0 spiro atoms. The van der Waals surface area contributed by atoms with Gasteiger partial charge in [0.05, 0.1) is 0 Å². The van der Waals surface area contributed by atoms with Gasteiger partial charge in [-0.3, -0.25) is 0 Å². The second-order valence-corrected chi connectivity index (χ2v) is 6.67. The van der Waals surface area contributed by atoms with E-state index in [1.807, 2.05) is 24.3 Å². The number of aromatic nitrogens is 2. The minimum Gasteiger partial charge on any atom is -0.462 e. The molecule has 0 unspecified atom stereocenters. The van der Waals surface area contributed by atoms with E-state index in [4.69, 9.17) is 10.5 Å². The highest BCUT2D eigenvalue weighted by atomic mass is 19.3. The Bertz CT molecular complexity index is 1060. The second kappa shape index (κ2) is 7.46. The molecule has 4 rings (SSSR count). The SMILES string of the molecule is Cc1cc([C@@]2(c3cccc(-c4cncnc4)c3)COC(N)=N2)ccc1OC(F)F. The lowest BCUT2D eigenvalue weighted by atomic mass is 9.82. The molecule has 1 aliphatic rings. The van der Waals surface area contributed by atoms with E-state index in [1.165, 1.54) is 12.4 Å². The van der Waals surface area contributed by atoms with Gasteiger partial charge in [-0.25, -0.2) is 15.0 Å². The molecule has 0 saturated heterocycles. The van der Waals surface area contributed by atoms with Gasteiger partial charge in [-0.1, -0.05) is 24.3 Å². The van der Waals surface area contributed by atoms with Crippen LogP contribution in [-0.4, -0.2) is 29.2 Å². The van der Waals surface area contributed by atoms with Gasteiger partial charge in [0, 0.05) is 18.0 Å². The maximum atomic E-state index is 12.6. The van der Waals surface area contributed by atoms with Gasteiger partial charge in [-0.15, -0.1) is 0 Å². The van der Waals surface area contributed by atoms with E-state index in [0.29, 0.717) is 5.56 Å². The summed E-state index contributed by atoms with van der Waals surface area (Å²) < 4.78 is 35.3. The Morgan fingerprint density at radius 2 is 1.83 bits per heavy atom. The first-order valence-corrected chi connectivity index (χ1v) is 8.88. The molecule has 148 valence electrons. The lowest BCUT2D eigenvalue weighted by Gasteiger charge is -2.26. The van der Waals surface area contributed by atoms with Crippen LogP contribution < -0.4 is 10.5 Å². The number of benzene rings is 2. The van der Waals surface area contributed by atoms with Crippen LogP contribution in [0.15, 0.2) is 66.2 Å². The second-order valence-electron chi connectivity index (χ2n) is 6.67. The van der Waals surface area contributed by atoms with Crippen LogP contribution in [-0.2, 0) is 10.3 Å². The van der Waals surface area contributed by atoms with Crippen molar-refractivity contribution in [3.05, 3.63) is 77.9 Å². The Morgan fingerprint density at radius 1 is 1.07 bits per heavy atom. The van der Waals surface area contributed by atoms with Crippen LogP contribution in [0.4, 0.5) is 8.78 Å². The topological polar surface area (TPSA) is 82.6 Å². The van der Waals surface area contributed by atoms with E-state index in [1.54, 1.807) is 31.5 Å². The minimum atomic E-state index is -2.89. The summed E-state index contributed by atoms with van der Waals surface area (Å²) in [6.45, 7) is -0.987. The van der Waals surface area contributed by atoms with Crippen molar-refractivity contribution >= 4 is 6.02 Å². The van der Waals surface area contributed by atoms with Crippen molar-refractivity contribution in [2.24, 2.45) is 10.7 Å². The first-order valence-electron chi connectivity index (χ1n) is 8.88. The number of amidine groups is 1. The van der Waals surface area contributed by atoms with Gasteiger partial charge >= 0.3 is 6.61 Å². The zero-order chi connectivity index (χ0) is 20.4. The molecule has 0 aliphatic carbocycles. The van der Waals surface area contributed by atoms with Crippen molar-refractivity contribution < 1.29 is 18.3 Å². The van der Waals surface area contributed by atoms with Crippen LogP contribution in [0.2, 0.25) is 0 Å². The lowest BCUT2D eigenvalue weighted by molar-refractivity contribution is -0.0503. The molecule has 2 aromatic carbocycles. The summed E-state index contributed by atoms with van der Waals surface area (Å²) in [6, 6.07) is 12.8. The summed E-state index contributed by atoms with van der Waals surface area (Å²) in [7, 11) is 0. The van der Waals surface area contributed by atoms with E-state index < -0.39 is 12.2 Å². The number of alkyl halides is 2. The van der Waals surface area contributed by atoms with Crippen molar-refractivity contribution in [3.63, 3.8) is 0 Å². The van der Waals surface area contributed by atoms with E-state index >= 15 is 0 Å². The number of aryl methyl sites for hydroxylation is 1. The van der Waals surface area contributed by atoms with Crippen molar-refractivity contribution in [1.82, 2.24) is 9.97 Å². The zero-order valence-corrected chi connectivity index (χ0v) is 15.5. The van der Waals surface area contributed by atoms with Crippen molar-refractivity contribution in [2.45, 2.75) is 19.1 Å². The summed E-state index contributed by atoms with van der Waals surface area (Å²) in [5.41, 5.74) is 8.90. The number of hydrogen-bond donors (Lipinski definition) is 1. The molecular weight excluding hydrogens is 378 g/mol. The number of hydrogen-bond acceptors (Lipinski definition) is 6. The van der Waals surface area contributed by atoms with Gasteiger partial charge in [0.1, 0.15) is 18.7 Å². The molecule has 0 radical (unpaired) electrons. The van der Waals surface area contributed by atoms with E-state index in [0.717, 1.165) is 22.3 Å². The first-order chi connectivity index (χ1) is 14.0. The van der Waals surface area contributed by atoms with Gasteiger partial charge in [-0.05, 0) is 47.4 Å². The Balaban J connectivity index is 1.81. The predicted molar refractivity (Wildman–Crippen MR) is 104 cm³/mol. The van der Waals surface area contributed by atoms with E-state index in [2.05, 4.69) is 19.7 Å². The summed E-state index contributed by atoms with van der Waals surface area (Å²) in [6.07, 6.45) is 4.92. The van der Waals surface area contributed by atoms with Crippen molar-refractivity contribution in [3.8, 4) is 16.9 Å². The molecular formula is C21H18F2N4O2. The van der Waals surface area contributed by atoms with Gasteiger partial charge in [0.2, 0.25) is 0 Å². The van der Waals surface area contributed by atoms with Crippen LogP contribution >= 0.6 is 0 Å². The summed E-state index contributed by atoms with van der Waals surface area (Å²) in [5.74, 6) is 0.116. The van der Waals surface area contributed by atoms with Gasteiger partial charge in [0.25, 0.3) is 6.02 Å². The standard InChI is InChI=1S/C21H18F2N4O2/c1-13-7-17(5-6-18(13)29-19(22)23)21(11-28-20(24)27-21)16-4-2-3-14(8-16)15-9-25-12-26-10-15/h2-10,12,19H,11H2,1H3,(H2,24,27)/t21-/m0/s1. The normalized spacial score (nSPS) is 18.4. The molecule has 2 heterocycles. The summed E-state index contributed by atoms with van der Waals surface area (Å²) in [4.78, 5) is 12.7. The van der Waals surface area contributed by atoms with Crippen molar-refractivity contribution in [1.29, 1.82) is 0 Å². The third kappa shape index (κ3) is 3.61. The Labute approximate surface area is 166 Å². The van der Waals surface area contributed by atoms with Crippen LogP contribution in [0, 0.1) is 6.92 Å². The molecule has 3 aromatic rings.